The molecule has 5 nitrogen and oxygen atoms in total. The Hall–Kier alpha value is -4.25. The Morgan fingerprint density at radius 2 is 1.77 bits per heavy atom. The van der Waals surface area contributed by atoms with E-state index in [1.54, 1.807) is 12.1 Å². The number of phenols is 1. The molecule has 5 heteroatoms. The molecule has 3 aromatic carbocycles. The van der Waals surface area contributed by atoms with Gasteiger partial charge in [-0.3, -0.25) is 4.79 Å². The lowest BCUT2D eigenvalue weighted by Crippen LogP contribution is -2.17. The first kappa shape index (κ1) is 22.5. The fraction of sp³-hybridized carbons (Fsp3) is 0.167. The van der Waals surface area contributed by atoms with E-state index in [0.717, 1.165) is 45.3 Å². The molecule has 35 heavy (non-hydrogen) atoms. The molecule has 0 radical (unpaired) electrons. The van der Waals surface area contributed by atoms with E-state index in [2.05, 4.69) is 0 Å². The summed E-state index contributed by atoms with van der Waals surface area (Å²) in [6, 6.07) is 20.2. The molecule has 0 atom stereocenters. The average Bonchev–Trinajstić information content (AvgIpc) is 3.25. The Bertz CT molecular complexity index is 1500. The van der Waals surface area contributed by atoms with Gasteiger partial charge in [-0.2, -0.15) is 0 Å². The number of carbonyl (C=O) groups excluding carboxylic acids is 2. The molecule has 0 saturated carbocycles. The first-order chi connectivity index (χ1) is 16.9. The smallest absolute Gasteiger partial charge is 0.339 e. The fourth-order valence-electron chi connectivity index (χ4n) is 4.60. The van der Waals surface area contributed by atoms with Crippen LogP contribution in [0, 0.1) is 13.8 Å². The highest BCUT2D eigenvalue weighted by molar-refractivity contribution is 6.08. The molecule has 0 bridgehead atoms. The van der Waals surface area contributed by atoms with Crippen LogP contribution in [0.5, 0.6) is 5.75 Å². The number of ether oxygens (including phenoxy) is 1. The summed E-state index contributed by atoms with van der Waals surface area (Å²) in [5.74, 6) is -0.518. The molecule has 0 fully saturated rings. The zero-order valence-electron chi connectivity index (χ0n) is 19.7. The van der Waals surface area contributed by atoms with Crippen molar-refractivity contribution in [2.24, 2.45) is 0 Å². The molecular weight excluding hydrogens is 438 g/mol. The molecule has 1 aliphatic rings. The summed E-state index contributed by atoms with van der Waals surface area (Å²) in [5, 5.41) is 10.3. The van der Waals surface area contributed by atoms with E-state index >= 15 is 0 Å². The van der Waals surface area contributed by atoms with Gasteiger partial charge < -0.3 is 9.84 Å². The molecule has 0 amide bonds. The minimum absolute atomic E-state index is 0.212. The van der Waals surface area contributed by atoms with Crippen LogP contribution in [-0.4, -0.2) is 28.4 Å². The second kappa shape index (κ2) is 9.18. The number of phenolic OH excluding ortho intramolecular Hbond substituents is 1. The van der Waals surface area contributed by atoms with E-state index in [-0.39, 0.29) is 18.1 Å². The van der Waals surface area contributed by atoms with E-state index in [9.17, 15) is 14.7 Å². The van der Waals surface area contributed by atoms with Crippen molar-refractivity contribution in [2.45, 2.75) is 26.7 Å². The number of benzene rings is 3. The Balaban J connectivity index is 1.49. The highest BCUT2D eigenvalue weighted by Gasteiger charge is 2.28. The lowest BCUT2D eigenvalue weighted by atomic mass is 10.0. The first-order valence-corrected chi connectivity index (χ1v) is 11.6. The lowest BCUT2D eigenvalue weighted by molar-refractivity contribution is 0.0475. The SMILES string of the molecule is Cc1ccc(C)c(C(=O)COC(=O)c2c3c(nc4ccccc24)/C(=C/c2ccc(O)cc2)CC3)c1. The summed E-state index contributed by atoms with van der Waals surface area (Å²) in [4.78, 5) is 31.0. The van der Waals surface area contributed by atoms with Gasteiger partial charge in [0.1, 0.15) is 5.75 Å². The Labute approximate surface area is 203 Å². The molecule has 1 N–H and O–H groups in total. The molecule has 4 aromatic rings. The number of pyridine rings is 1. The molecule has 1 aliphatic carbocycles. The number of para-hydroxylation sites is 1. The van der Waals surface area contributed by atoms with Crippen molar-refractivity contribution >= 4 is 34.3 Å². The van der Waals surface area contributed by atoms with Gasteiger partial charge in [-0.15, -0.1) is 0 Å². The van der Waals surface area contributed by atoms with Crippen molar-refractivity contribution in [1.29, 1.82) is 0 Å². The van der Waals surface area contributed by atoms with Crippen LogP contribution in [0.4, 0.5) is 0 Å². The minimum Gasteiger partial charge on any atom is -0.508 e. The van der Waals surface area contributed by atoms with Crippen LogP contribution in [0.25, 0.3) is 22.6 Å². The number of Topliss-reactive ketones (excluding diaryl/α,β-unsaturated/α-hetero) is 1. The lowest BCUT2D eigenvalue weighted by Gasteiger charge is -2.13. The molecule has 5 rings (SSSR count). The molecule has 0 saturated heterocycles. The van der Waals surface area contributed by atoms with E-state index in [1.165, 1.54) is 0 Å². The van der Waals surface area contributed by atoms with Gasteiger partial charge >= 0.3 is 5.97 Å². The number of rotatable bonds is 5. The quantitative estimate of drug-likeness (QED) is 0.287. The average molecular weight is 464 g/mol. The third-order valence-electron chi connectivity index (χ3n) is 6.41. The van der Waals surface area contributed by atoms with Crippen LogP contribution in [0.1, 0.15) is 55.1 Å². The number of aromatic nitrogens is 1. The van der Waals surface area contributed by atoms with E-state index in [0.29, 0.717) is 23.1 Å². The predicted molar refractivity (Wildman–Crippen MR) is 137 cm³/mol. The van der Waals surface area contributed by atoms with Crippen molar-refractivity contribution in [3.05, 3.63) is 106 Å². The van der Waals surface area contributed by atoms with Crippen molar-refractivity contribution in [3.63, 3.8) is 0 Å². The number of esters is 1. The molecule has 174 valence electrons. The third-order valence-corrected chi connectivity index (χ3v) is 6.41. The van der Waals surface area contributed by atoms with Crippen LogP contribution < -0.4 is 0 Å². The maximum Gasteiger partial charge on any atom is 0.339 e. The number of allylic oxidation sites excluding steroid dienone is 1. The number of aryl methyl sites for hydroxylation is 2. The fourth-order valence-corrected chi connectivity index (χ4v) is 4.60. The minimum atomic E-state index is -0.510. The highest BCUT2D eigenvalue weighted by Crippen LogP contribution is 2.38. The van der Waals surface area contributed by atoms with Crippen molar-refractivity contribution in [2.75, 3.05) is 6.61 Å². The summed E-state index contributed by atoms with van der Waals surface area (Å²) >= 11 is 0. The van der Waals surface area contributed by atoms with Crippen LogP contribution in [0.15, 0.2) is 66.7 Å². The van der Waals surface area contributed by atoms with Crippen molar-refractivity contribution in [1.82, 2.24) is 4.98 Å². The number of ketones is 1. The number of hydrogen-bond acceptors (Lipinski definition) is 5. The van der Waals surface area contributed by atoms with Crippen molar-refractivity contribution < 1.29 is 19.4 Å². The Morgan fingerprint density at radius 1 is 1.00 bits per heavy atom. The summed E-state index contributed by atoms with van der Waals surface area (Å²) in [6.07, 6.45) is 3.43. The predicted octanol–water partition coefficient (Wildman–Crippen LogP) is 6.08. The molecular formula is C30H25NO4. The maximum absolute atomic E-state index is 13.4. The largest absolute Gasteiger partial charge is 0.508 e. The van der Waals surface area contributed by atoms with E-state index in [4.69, 9.17) is 9.72 Å². The van der Waals surface area contributed by atoms with Crippen LogP contribution in [0.3, 0.4) is 0 Å². The first-order valence-electron chi connectivity index (χ1n) is 11.6. The Morgan fingerprint density at radius 3 is 2.57 bits per heavy atom. The third kappa shape index (κ3) is 4.45. The van der Waals surface area contributed by atoms with E-state index < -0.39 is 5.97 Å². The van der Waals surface area contributed by atoms with E-state index in [1.807, 2.05) is 74.5 Å². The Kier molecular flexibility index (Phi) is 5.91. The van der Waals surface area contributed by atoms with Gasteiger partial charge in [0, 0.05) is 10.9 Å². The summed E-state index contributed by atoms with van der Waals surface area (Å²) in [7, 11) is 0. The normalized spacial score (nSPS) is 13.7. The molecule has 1 aromatic heterocycles. The van der Waals surface area contributed by atoms with Gasteiger partial charge in [0.25, 0.3) is 0 Å². The van der Waals surface area contributed by atoms with Crippen LogP contribution >= 0.6 is 0 Å². The summed E-state index contributed by atoms with van der Waals surface area (Å²) in [5.41, 5.74) is 7.20. The summed E-state index contributed by atoms with van der Waals surface area (Å²) in [6.45, 7) is 3.49. The highest BCUT2D eigenvalue weighted by atomic mass is 16.5. The van der Waals surface area contributed by atoms with Gasteiger partial charge in [-0.05, 0) is 79.3 Å². The zero-order chi connectivity index (χ0) is 24.5. The van der Waals surface area contributed by atoms with Gasteiger partial charge in [-0.25, -0.2) is 9.78 Å². The molecule has 0 spiro atoms. The van der Waals surface area contributed by atoms with Crippen LogP contribution in [-0.2, 0) is 11.2 Å². The molecule has 0 unspecified atom stereocenters. The number of aromatic hydroxyl groups is 1. The maximum atomic E-state index is 13.4. The zero-order valence-corrected chi connectivity index (χ0v) is 19.7. The van der Waals surface area contributed by atoms with Gasteiger partial charge in [0.2, 0.25) is 5.78 Å². The topological polar surface area (TPSA) is 76.5 Å². The molecule has 0 aliphatic heterocycles. The van der Waals surface area contributed by atoms with Gasteiger partial charge in [-0.1, -0.05) is 48.0 Å². The molecule has 1 heterocycles. The second-order valence-electron chi connectivity index (χ2n) is 8.91. The second-order valence-corrected chi connectivity index (χ2v) is 8.91. The summed E-state index contributed by atoms with van der Waals surface area (Å²) < 4.78 is 5.58. The number of nitrogens with zero attached hydrogens (tertiary/aromatic N) is 1. The number of hydrogen-bond donors (Lipinski definition) is 1. The van der Waals surface area contributed by atoms with Crippen LogP contribution in [0.2, 0.25) is 0 Å². The number of carbonyl (C=O) groups is 2. The van der Waals surface area contributed by atoms with Gasteiger partial charge in [0.05, 0.1) is 16.8 Å². The monoisotopic (exact) mass is 463 g/mol. The van der Waals surface area contributed by atoms with Gasteiger partial charge in [0.15, 0.2) is 6.61 Å². The van der Waals surface area contributed by atoms with Crippen molar-refractivity contribution in [3.8, 4) is 5.75 Å². The number of fused-ring (bicyclic) bond motifs is 2. The standard InChI is InChI=1S/C30H25NO4/c1-18-7-8-19(2)25(15-18)27(33)17-35-30(34)28-23-5-3-4-6-26(23)31-29-21(11-14-24(28)29)16-20-9-12-22(32)13-10-20/h3-10,12-13,15-16,32H,11,14,17H2,1-2H3/b21-16+.